The van der Waals surface area contributed by atoms with Crippen molar-refractivity contribution in [1.82, 2.24) is 10.6 Å². The lowest BCUT2D eigenvalue weighted by molar-refractivity contribution is 0.0934. The van der Waals surface area contributed by atoms with E-state index in [1.165, 1.54) is 12.8 Å². The third-order valence-corrected chi connectivity index (χ3v) is 4.49. The molecular weight excluding hydrogens is 407 g/mol. The molecule has 0 spiro atoms. The van der Waals surface area contributed by atoms with Crippen molar-refractivity contribution in [1.29, 1.82) is 0 Å². The Balaban J connectivity index is 2.04. The molecule has 1 aliphatic heterocycles. The summed E-state index contributed by atoms with van der Waals surface area (Å²) in [5.41, 5.74) is 0.745. The van der Waals surface area contributed by atoms with E-state index in [0.717, 1.165) is 33.1 Å². The summed E-state index contributed by atoms with van der Waals surface area (Å²) < 4.78 is 1.92. The van der Waals surface area contributed by atoms with Gasteiger partial charge in [-0.05, 0) is 60.2 Å². The molecule has 1 aromatic rings. The number of carbonyl (C=O) groups excluding carboxylic acids is 1. The Kier molecular flexibility index (Phi) is 5.44. The van der Waals surface area contributed by atoms with Crippen LogP contribution in [-0.4, -0.2) is 25.0 Å². The van der Waals surface area contributed by atoms with Gasteiger partial charge in [0.25, 0.3) is 5.91 Å². The zero-order valence-corrected chi connectivity index (χ0v) is 13.8. The Morgan fingerprint density at radius 2 is 2.28 bits per heavy atom. The minimum atomic E-state index is 0.0226. The monoisotopic (exact) mass is 422 g/mol. The maximum absolute atomic E-state index is 12.2. The van der Waals surface area contributed by atoms with E-state index >= 15 is 0 Å². The normalized spacial score (nSPS) is 20.2. The first-order valence-electron chi connectivity index (χ1n) is 6.13. The Hall–Kier alpha value is -0.140. The molecule has 1 saturated heterocycles. The van der Waals surface area contributed by atoms with Crippen LogP contribution in [0.2, 0.25) is 0 Å². The van der Waals surface area contributed by atoms with Crippen LogP contribution in [0.3, 0.4) is 0 Å². The molecule has 0 saturated carbocycles. The molecule has 1 unspecified atom stereocenters. The van der Waals surface area contributed by atoms with Gasteiger partial charge in [-0.25, -0.2) is 0 Å². The third kappa shape index (κ3) is 3.93. The molecule has 5 heteroatoms. The zero-order chi connectivity index (χ0) is 13.0. The van der Waals surface area contributed by atoms with Crippen molar-refractivity contribution in [3.05, 3.63) is 31.8 Å². The van der Waals surface area contributed by atoms with Crippen LogP contribution in [0.25, 0.3) is 0 Å². The highest BCUT2D eigenvalue weighted by molar-refractivity contribution is 14.1. The fourth-order valence-corrected chi connectivity index (χ4v) is 3.02. The number of nitrogens with one attached hydrogen (secondary N) is 2. The van der Waals surface area contributed by atoms with Crippen LogP contribution < -0.4 is 10.6 Å². The van der Waals surface area contributed by atoms with Crippen LogP contribution in [0.5, 0.6) is 0 Å². The molecule has 3 nitrogen and oxygen atoms in total. The van der Waals surface area contributed by atoms with Gasteiger partial charge in [-0.3, -0.25) is 4.79 Å². The number of rotatable bonds is 2. The largest absolute Gasteiger partial charge is 0.348 e. The third-order valence-electron chi connectivity index (χ3n) is 3.06. The predicted octanol–water partition coefficient (Wildman–Crippen LogP) is 2.93. The molecular formula is C13H16BrIN2O. The first-order chi connectivity index (χ1) is 8.66. The van der Waals surface area contributed by atoms with Crippen LogP contribution in [-0.2, 0) is 0 Å². The summed E-state index contributed by atoms with van der Waals surface area (Å²) in [6.45, 7) is 1.93. The Bertz CT molecular complexity index is 431. The van der Waals surface area contributed by atoms with Gasteiger partial charge in [-0.15, -0.1) is 0 Å². The molecule has 98 valence electrons. The molecule has 0 bridgehead atoms. The summed E-state index contributed by atoms with van der Waals surface area (Å²) in [5, 5.41) is 6.47. The van der Waals surface area contributed by atoms with Crippen LogP contribution in [0.1, 0.15) is 29.6 Å². The Morgan fingerprint density at radius 3 is 3.11 bits per heavy atom. The van der Waals surface area contributed by atoms with Crippen LogP contribution >= 0.6 is 38.5 Å². The van der Waals surface area contributed by atoms with Gasteiger partial charge in [0.2, 0.25) is 0 Å². The lowest BCUT2D eigenvalue weighted by Crippen LogP contribution is -2.41. The van der Waals surface area contributed by atoms with Crippen molar-refractivity contribution in [2.75, 3.05) is 13.1 Å². The van der Waals surface area contributed by atoms with Crippen molar-refractivity contribution >= 4 is 44.4 Å². The van der Waals surface area contributed by atoms with Crippen LogP contribution in [0.15, 0.2) is 22.7 Å². The molecule has 1 aliphatic rings. The molecule has 2 rings (SSSR count). The highest BCUT2D eigenvalue weighted by Gasteiger charge is 2.17. The topological polar surface area (TPSA) is 41.1 Å². The van der Waals surface area contributed by atoms with Gasteiger partial charge in [-0.2, -0.15) is 0 Å². The molecule has 18 heavy (non-hydrogen) atoms. The summed E-state index contributed by atoms with van der Waals surface area (Å²) in [6, 6.07) is 6.02. The number of halogens is 2. The van der Waals surface area contributed by atoms with Gasteiger partial charge in [0, 0.05) is 20.6 Å². The molecule has 0 radical (unpaired) electrons. The van der Waals surface area contributed by atoms with Gasteiger partial charge in [0.05, 0.1) is 5.56 Å². The first-order valence-corrected chi connectivity index (χ1v) is 8.00. The summed E-state index contributed by atoms with van der Waals surface area (Å²) in [5.74, 6) is 0.0226. The second-order valence-corrected chi connectivity index (χ2v) is 6.57. The number of benzene rings is 1. The van der Waals surface area contributed by atoms with E-state index in [9.17, 15) is 4.79 Å². The van der Waals surface area contributed by atoms with Crippen LogP contribution in [0.4, 0.5) is 0 Å². The number of amides is 1. The van der Waals surface area contributed by atoms with Gasteiger partial charge in [0.15, 0.2) is 0 Å². The summed E-state index contributed by atoms with van der Waals surface area (Å²) in [7, 11) is 0. The number of hydrogen-bond acceptors (Lipinski definition) is 2. The molecule has 0 aliphatic carbocycles. The van der Waals surface area contributed by atoms with Gasteiger partial charge in [0.1, 0.15) is 0 Å². The van der Waals surface area contributed by atoms with E-state index in [2.05, 4.69) is 49.2 Å². The summed E-state index contributed by atoms with van der Waals surface area (Å²) >= 11 is 5.60. The molecule has 1 amide bonds. The quantitative estimate of drug-likeness (QED) is 0.719. The van der Waals surface area contributed by atoms with Gasteiger partial charge < -0.3 is 10.6 Å². The minimum Gasteiger partial charge on any atom is -0.348 e. The maximum Gasteiger partial charge on any atom is 0.252 e. The second-order valence-electron chi connectivity index (χ2n) is 4.49. The van der Waals surface area contributed by atoms with Crippen molar-refractivity contribution in [3.63, 3.8) is 0 Å². The predicted molar refractivity (Wildman–Crippen MR) is 84.8 cm³/mol. The van der Waals surface area contributed by atoms with Gasteiger partial charge >= 0.3 is 0 Å². The average Bonchev–Trinajstić information content (AvgIpc) is 2.61. The molecule has 1 aromatic carbocycles. The van der Waals surface area contributed by atoms with Crippen molar-refractivity contribution in [2.24, 2.45) is 0 Å². The van der Waals surface area contributed by atoms with E-state index in [4.69, 9.17) is 0 Å². The number of hydrogen-bond donors (Lipinski definition) is 2. The van der Waals surface area contributed by atoms with Crippen molar-refractivity contribution < 1.29 is 4.79 Å². The fourth-order valence-electron chi connectivity index (χ4n) is 2.08. The lowest BCUT2D eigenvalue weighted by atomic mass is 10.1. The highest BCUT2D eigenvalue weighted by Crippen LogP contribution is 2.18. The van der Waals surface area contributed by atoms with Crippen molar-refractivity contribution in [2.45, 2.75) is 25.3 Å². The molecule has 1 fully saturated rings. The Labute approximate surface area is 129 Å². The lowest BCUT2D eigenvalue weighted by Gasteiger charge is -2.17. The summed E-state index contributed by atoms with van der Waals surface area (Å²) in [4.78, 5) is 12.2. The standard InChI is InChI=1S/C13H16BrIN2O/c14-9-4-5-12(15)11(7-9)13(18)17-10-3-1-2-6-16-8-10/h4-5,7,10,16H,1-3,6,8H2,(H,17,18). The smallest absolute Gasteiger partial charge is 0.252 e. The zero-order valence-electron chi connectivity index (χ0n) is 10.0. The van der Waals surface area contributed by atoms with E-state index in [1.54, 1.807) is 0 Å². The maximum atomic E-state index is 12.2. The molecule has 0 aromatic heterocycles. The number of carbonyl (C=O) groups is 1. The molecule has 1 atom stereocenters. The van der Waals surface area contributed by atoms with Crippen LogP contribution in [0, 0.1) is 3.57 Å². The SMILES string of the molecule is O=C(NC1CCCCNC1)c1cc(Br)ccc1I. The minimum absolute atomic E-state index is 0.0226. The van der Waals surface area contributed by atoms with E-state index in [0.29, 0.717) is 0 Å². The van der Waals surface area contributed by atoms with E-state index in [1.807, 2.05) is 18.2 Å². The molecule has 1 heterocycles. The van der Waals surface area contributed by atoms with Crippen molar-refractivity contribution in [3.8, 4) is 0 Å². The average molecular weight is 423 g/mol. The molecule has 2 N–H and O–H groups in total. The summed E-state index contributed by atoms with van der Waals surface area (Å²) in [6.07, 6.45) is 3.43. The second kappa shape index (κ2) is 6.86. The fraction of sp³-hybridized carbons (Fsp3) is 0.462. The Morgan fingerprint density at radius 1 is 1.44 bits per heavy atom. The van der Waals surface area contributed by atoms with E-state index in [-0.39, 0.29) is 11.9 Å². The highest BCUT2D eigenvalue weighted by atomic mass is 127. The van der Waals surface area contributed by atoms with E-state index < -0.39 is 0 Å². The first kappa shape index (κ1) is 14.3. The van der Waals surface area contributed by atoms with Gasteiger partial charge in [-0.1, -0.05) is 22.4 Å².